The number of ether oxygens (including phenoxy) is 2. The number of hydrogen-bond acceptors (Lipinski definition) is 6. The fourth-order valence-corrected chi connectivity index (χ4v) is 7.96. The third-order valence-corrected chi connectivity index (χ3v) is 9.31. The minimum absolute atomic E-state index is 0.223. The molecule has 7 rings (SSSR count). The number of carbonyl (C=O) groups excluding carboxylic acids is 2. The van der Waals surface area contributed by atoms with Gasteiger partial charge in [-0.3, -0.25) is 0 Å². The highest BCUT2D eigenvalue weighted by Crippen LogP contribution is 2.61. The van der Waals surface area contributed by atoms with Crippen LogP contribution in [0.5, 0.6) is 0 Å². The van der Waals surface area contributed by atoms with Gasteiger partial charge in [-0.25, -0.2) is 19.5 Å². The van der Waals surface area contributed by atoms with Crippen molar-refractivity contribution in [1.82, 2.24) is 4.98 Å². The van der Waals surface area contributed by atoms with Gasteiger partial charge in [0, 0.05) is 0 Å². The number of esters is 1. The zero-order valence-corrected chi connectivity index (χ0v) is 25.4. The number of amides is 1. The van der Waals surface area contributed by atoms with Crippen molar-refractivity contribution < 1.29 is 19.1 Å². The van der Waals surface area contributed by atoms with Crippen LogP contribution in [0.15, 0.2) is 60.8 Å². The molecule has 1 N–H and O–H groups in total. The summed E-state index contributed by atoms with van der Waals surface area (Å²) in [4.78, 5) is 31.8. The normalized spacial score (nSPS) is 24.3. The van der Waals surface area contributed by atoms with Crippen LogP contribution in [0.1, 0.15) is 75.2 Å². The van der Waals surface area contributed by atoms with Crippen LogP contribution < -0.4 is 10.2 Å². The fraction of sp³-hybridized carbons (Fsp3) is 0.441. The molecule has 42 heavy (non-hydrogen) atoms. The van der Waals surface area contributed by atoms with Gasteiger partial charge in [-0.05, 0) is 124 Å². The van der Waals surface area contributed by atoms with Crippen LogP contribution in [-0.2, 0) is 14.9 Å². The number of nitrogens with zero attached hydrogens (tertiary/aromatic N) is 2. The van der Waals surface area contributed by atoms with E-state index in [0.717, 1.165) is 23.4 Å². The molecule has 3 aromatic rings. The van der Waals surface area contributed by atoms with Gasteiger partial charge in [0.2, 0.25) is 0 Å². The van der Waals surface area contributed by atoms with Gasteiger partial charge < -0.3 is 14.8 Å². The average Bonchev–Trinajstić information content (AvgIpc) is 2.93. The Morgan fingerprint density at radius 1 is 0.976 bits per heavy atom. The molecule has 0 unspecified atom stereocenters. The molecule has 4 aliphatic carbocycles. The SMILES string of the molecule is COC(=O)c1ccccc1N(C(=O)OC(C)(C)C)c1ccc(Nc2ccc(C34CC5CC(CC(C5)C3)C4)cc2Cl)cn1. The molecule has 0 atom stereocenters. The largest absolute Gasteiger partial charge is 0.465 e. The standard InChI is InChI=1S/C34H38ClN3O4/c1-33(2,3)42-32(40)38(29-8-6-5-7-26(29)31(39)41-4)30-12-10-25(20-36-30)37-28-11-9-24(16-27(28)35)34-17-21-13-22(18-34)15-23(14-21)19-34/h5-12,16,20-23,37H,13-15,17-19H2,1-4H3. The summed E-state index contributed by atoms with van der Waals surface area (Å²) in [6, 6.07) is 16.7. The zero-order chi connectivity index (χ0) is 29.6. The summed E-state index contributed by atoms with van der Waals surface area (Å²) in [5, 5.41) is 4.07. The molecule has 1 heterocycles. The third-order valence-electron chi connectivity index (χ3n) is 9.00. The van der Waals surface area contributed by atoms with Gasteiger partial charge in [0.25, 0.3) is 0 Å². The summed E-state index contributed by atoms with van der Waals surface area (Å²) in [7, 11) is 1.30. The maximum absolute atomic E-state index is 13.4. The van der Waals surface area contributed by atoms with Crippen molar-refractivity contribution in [3.63, 3.8) is 0 Å². The first-order valence-electron chi connectivity index (χ1n) is 14.8. The molecule has 1 amide bonds. The van der Waals surface area contributed by atoms with E-state index >= 15 is 0 Å². The van der Waals surface area contributed by atoms with Crippen LogP contribution in [0.3, 0.4) is 0 Å². The van der Waals surface area contributed by atoms with Crippen LogP contribution in [0.25, 0.3) is 0 Å². The Hall–Kier alpha value is -3.58. The summed E-state index contributed by atoms with van der Waals surface area (Å²) >= 11 is 6.85. The van der Waals surface area contributed by atoms with Gasteiger partial charge in [0.1, 0.15) is 11.4 Å². The summed E-state index contributed by atoms with van der Waals surface area (Å²) < 4.78 is 10.6. The number of aromatic nitrogens is 1. The molecule has 1 aromatic heterocycles. The monoisotopic (exact) mass is 587 g/mol. The summed E-state index contributed by atoms with van der Waals surface area (Å²) in [6.45, 7) is 5.36. The lowest BCUT2D eigenvalue weighted by Crippen LogP contribution is -2.48. The first kappa shape index (κ1) is 28.5. The Morgan fingerprint density at radius 3 is 2.21 bits per heavy atom. The second-order valence-electron chi connectivity index (χ2n) is 13.2. The summed E-state index contributed by atoms with van der Waals surface area (Å²) in [6.07, 6.45) is 9.09. The molecule has 4 bridgehead atoms. The van der Waals surface area contributed by atoms with Crippen molar-refractivity contribution in [2.45, 2.75) is 70.3 Å². The lowest BCUT2D eigenvalue weighted by molar-refractivity contribution is -0.00518. The van der Waals surface area contributed by atoms with Crippen molar-refractivity contribution >= 4 is 46.5 Å². The average molecular weight is 588 g/mol. The van der Waals surface area contributed by atoms with E-state index in [2.05, 4.69) is 28.5 Å². The Balaban J connectivity index is 1.25. The van der Waals surface area contributed by atoms with Crippen LogP contribution in [0.2, 0.25) is 5.02 Å². The number of para-hydroxylation sites is 1. The number of carbonyl (C=O) groups is 2. The number of halogens is 1. The molecule has 4 aliphatic rings. The zero-order valence-electron chi connectivity index (χ0n) is 24.7. The smallest absolute Gasteiger partial charge is 0.420 e. The van der Waals surface area contributed by atoms with E-state index in [1.807, 2.05) is 6.07 Å². The van der Waals surface area contributed by atoms with Crippen molar-refractivity contribution in [3.8, 4) is 0 Å². The van der Waals surface area contributed by atoms with Crippen molar-refractivity contribution in [2.75, 3.05) is 17.3 Å². The Bertz CT molecular complexity index is 1460. The van der Waals surface area contributed by atoms with Crippen LogP contribution in [-0.4, -0.2) is 29.8 Å². The van der Waals surface area contributed by atoms with Gasteiger partial charge in [-0.15, -0.1) is 0 Å². The summed E-state index contributed by atoms with van der Waals surface area (Å²) in [5.41, 5.74) is 2.97. The second-order valence-corrected chi connectivity index (χ2v) is 13.7. The predicted octanol–water partition coefficient (Wildman–Crippen LogP) is 8.81. The molecule has 2 aromatic carbocycles. The number of methoxy groups -OCH3 is 1. The second kappa shape index (κ2) is 10.9. The molecule has 0 aliphatic heterocycles. The number of pyridine rings is 1. The molecule has 220 valence electrons. The van der Waals surface area contributed by atoms with Crippen LogP contribution in [0, 0.1) is 17.8 Å². The first-order valence-corrected chi connectivity index (χ1v) is 15.1. The highest BCUT2D eigenvalue weighted by Gasteiger charge is 2.51. The van der Waals surface area contributed by atoms with Crippen molar-refractivity contribution in [3.05, 3.63) is 76.9 Å². The molecule has 0 spiro atoms. The van der Waals surface area contributed by atoms with Gasteiger partial charge in [0.05, 0.1) is 41.0 Å². The first-order chi connectivity index (χ1) is 20.0. The molecular formula is C34H38ClN3O4. The number of nitrogens with one attached hydrogen (secondary N) is 1. The molecule has 8 heteroatoms. The van der Waals surface area contributed by atoms with E-state index in [9.17, 15) is 9.59 Å². The maximum Gasteiger partial charge on any atom is 0.420 e. The molecule has 0 radical (unpaired) electrons. The van der Waals surface area contributed by atoms with Gasteiger partial charge in [-0.1, -0.05) is 29.8 Å². The minimum Gasteiger partial charge on any atom is -0.465 e. The number of benzene rings is 2. The lowest BCUT2D eigenvalue weighted by atomic mass is 9.48. The Morgan fingerprint density at radius 2 is 1.64 bits per heavy atom. The number of rotatable bonds is 6. The molecule has 0 saturated heterocycles. The topological polar surface area (TPSA) is 80.8 Å². The summed E-state index contributed by atoms with van der Waals surface area (Å²) in [5.74, 6) is 2.35. The Labute approximate surface area is 252 Å². The Kier molecular flexibility index (Phi) is 7.42. The van der Waals surface area contributed by atoms with E-state index < -0.39 is 17.7 Å². The van der Waals surface area contributed by atoms with Crippen LogP contribution in [0.4, 0.5) is 27.7 Å². The maximum atomic E-state index is 13.4. The third kappa shape index (κ3) is 5.59. The van der Waals surface area contributed by atoms with Gasteiger partial charge >= 0.3 is 12.1 Å². The fourth-order valence-electron chi connectivity index (χ4n) is 7.73. The van der Waals surface area contributed by atoms with E-state index in [1.165, 1.54) is 56.1 Å². The molecule has 4 fully saturated rings. The highest BCUT2D eigenvalue weighted by molar-refractivity contribution is 6.33. The van der Waals surface area contributed by atoms with Gasteiger partial charge in [-0.2, -0.15) is 0 Å². The number of hydrogen-bond donors (Lipinski definition) is 1. The molecular weight excluding hydrogens is 550 g/mol. The van der Waals surface area contributed by atoms with E-state index in [4.69, 9.17) is 21.1 Å². The lowest BCUT2D eigenvalue weighted by Gasteiger charge is -2.57. The van der Waals surface area contributed by atoms with Gasteiger partial charge in [0.15, 0.2) is 0 Å². The predicted molar refractivity (Wildman–Crippen MR) is 165 cm³/mol. The van der Waals surface area contributed by atoms with E-state index in [1.54, 1.807) is 57.3 Å². The van der Waals surface area contributed by atoms with E-state index in [-0.39, 0.29) is 11.0 Å². The van der Waals surface area contributed by atoms with E-state index in [0.29, 0.717) is 22.2 Å². The molecule has 7 nitrogen and oxygen atoms in total. The van der Waals surface area contributed by atoms with Crippen molar-refractivity contribution in [1.29, 1.82) is 0 Å². The highest BCUT2D eigenvalue weighted by atomic mass is 35.5. The number of anilines is 4. The van der Waals surface area contributed by atoms with Crippen molar-refractivity contribution in [2.24, 2.45) is 17.8 Å². The molecule has 4 saturated carbocycles. The van der Waals surface area contributed by atoms with Crippen LogP contribution >= 0.6 is 11.6 Å². The minimum atomic E-state index is -0.754. The quantitative estimate of drug-likeness (QED) is 0.290.